The highest BCUT2D eigenvalue weighted by molar-refractivity contribution is 7.90. The molecule has 40 heavy (non-hydrogen) atoms. The summed E-state index contributed by atoms with van der Waals surface area (Å²) in [4.78, 5) is 19.9. The first-order chi connectivity index (χ1) is 18.5. The molecule has 5 rings (SSSR count). The van der Waals surface area contributed by atoms with Gasteiger partial charge in [-0.1, -0.05) is 6.92 Å². The molecule has 1 saturated carbocycles. The first-order valence-electron chi connectivity index (χ1n) is 12.7. The summed E-state index contributed by atoms with van der Waals surface area (Å²) in [5, 5.41) is 8.26. The summed E-state index contributed by atoms with van der Waals surface area (Å²) >= 11 is 0. The van der Waals surface area contributed by atoms with E-state index in [1.165, 1.54) is 46.9 Å². The van der Waals surface area contributed by atoms with Gasteiger partial charge in [-0.05, 0) is 51.7 Å². The summed E-state index contributed by atoms with van der Waals surface area (Å²) in [6.07, 6.45) is -1.78. The Bertz CT molecular complexity index is 1560. The number of nitrogens with one attached hydrogen (secondary N) is 1. The maximum Gasteiger partial charge on any atom is 0.395 e. The van der Waals surface area contributed by atoms with Crippen molar-refractivity contribution in [3.05, 3.63) is 41.9 Å². The number of aromatic nitrogens is 5. The van der Waals surface area contributed by atoms with Gasteiger partial charge in [0.15, 0.2) is 5.82 Å². The minimum Gasteiger partial charge on any atom is -0.473 e. The van der Waals surface area contributed by atoms with Crippen LogP contribution in [0.15, 0.2) is 35.5 Å². The molecule has 0 spiro atoms. The number of alkyl halides is 3. The maximum atomic E-state index is 13.4. The minimum atomic E-state index is -4.32. The lowest BCUT2D eigenvalue weighted by molar-refractivity contribution is -0.153. The summed E-state index contributed by atoms with van der Waals surface area (Å²) < 4.78 is 74.9. The lowest BCUT2D eigenvalue weighted by Gasteiger charge is -2.34. The molecule has 1 amide bonds. The molecule has 0 aromatic carbocycles. The Balaban J connectivity index is 1.46. The van der Waals surface area contributed by atoms with E-state index >= 15 is 0 Å². The first kappa shape index (κ1) is 27.9. The van der Waals surface area contributed by atoms with E-state index < -0.39 is 39.7 Å². The lowest BCUT2D eigenvalue weighted by atomic mass is 9.97. The zero-order valence-electron chi connectivity index (χ0n) is 22.6. The van der Waals surface area contributed by atoms with Crippen molar-refractivity contribution < 1.29 is 31.1 Å². The van der Waals surface area contributed by atoms with Gasteiger partial charge in [-0.15, -0.1) is 5.10 Å². The molecule has 15 heteroatoms. The van der Waals surface area contributed by atoms with Crippen molar-refractivity contribution >= 4 is 21.7 Å². The predicted octanol–water partition coefficient (Wildman–Crippen LogP) is 3.38. The van der Waals surface area contributed by atoms with Crippen LogP contribution in [-0.2, 0) is 17.1 Å². The molecule has 0 unspecified atom stereocenters. The summed E-state index contributed by atoms with van der Waals surface area (Å²) in [6.45, 7) is 8.20. The maximum absolute atomic E-state index is 13.4. The van der Waals surface area contributed by atoms with E-state index in [2.05, 4.69) is 26.8 Å². The molecule has 1 aliphatic heterocycles. The largest absolute Gasteiger partial charge is 0.473 e. The Hall–Kier alpha value is -3.62. The highest BCUT2D eigenvalue weighted by Crippen LogP contribution is 2.46. The number of aryl methyl sites for hydroxylation is 2. The standard InChI is InChI=1S/C25H30F3N7O4S/c1-14-11-24(3,4)34(12-14)22-16(23(36)32-40(37,38)19-13-33(5)30-15(19)2)6-7-20(29-22)35-9-8-21(31-35)39-18-10-17(18)25(26,27)28/h6-9,13-14,17-18H,10-12H2,1-5H3,(H,32,36)/t14-,17+,18-/m0/s1. The summed E-state index contributed by atoms with van der Waals surface area (Å²) in [5.41, 5.74) is -0.100. The fourth-order valence-corrected chi connectivity index (χ4v) is 6.47. The number of hydrogen-bond donors (Lipinski definition) is 1. The number of ether oxygens (including phenoxy) is 1. The molecule has 11 nitrogen and oxygen atoms in total. The third kappa shape index (κ3) is 5.38. The molecule has 1 N–H and O–H groups in total. The topological polar surface area (TPSA) is 124 Å². The Morgan fingerprint density at radius 2 is 1.93 bits per heavy atom. The van der Waals surface area contributed by atoms with Gasteiger partial charge in [0.25, 0.3) is 15.9 Å². The van der Waals surface area contributed by atoms with Crippen molar-refractivity contribution in [1.29, 1.82) is 0 Å². The van der Waals surface area contributed by atoms with Crippen molar-refractivity contribution in [2.75, 3.05) is 11.4 Å². The Morgan fingerprint density at radius 3 is 2.50 bits per heavy atom. The fourth-order valence-electron chi connectivity index (χ4n) is 5.28. The molecule has 3 atom stereocenters. The molecule has 3 aromatic heterocycles. The van der Waals surface area contributed by atoms with E-state index in [4.69, 9.17) is 4.74 Å². The van der Waals surface area contributed by atoms with E-state index in [0.717, 1.165) is 6.42 Å². The minimum absolute atomic E-state index is 0.0231. The Labute approximate surface area is 229 Å². The van der Waals surface area contributed by atoms with Crippen molar-refractivity contribution in [2.24, 2.45) is 18.9 Å². The van der Waals surface area contributed by atoms with Crippen molar-refractivity contribution in [3.8, 4) is 11.7 Å². The monoisotopic (exact) mass is 581 g/mol. The molecular weight excluding hydrogens is 551 g/mol. The van der Waals surface area contributed by atoms with E-state index in [-0.39, 0.29) is 46.0 Å². The second kappa shape index (κ2) is 9.49. The number of pyridine rings is 1. The molecule has 216 valence electrons. The van der Waals surface area contributed by atoms with Crippen LogP contribution in [0.2, 0.25) is 0 Å². The van der Waals surface area contributed by atoms with E-state index in [9.17, 15) is 26.4 Å². The third-order valence-electron chi connectivity index (χ3n) is 7.14. The predicted molar refractivity (Wildman–Crippen MR) is 138 cm³/mol. The number of halogens is 3. The average molecular weight is 582 g/mol. The summed E-state index contributed by atoms with van der Waals surface area (Å²) in [5.74, 6) is -1.51. The number of nitrogens with zero attached hydrogens (tertiary/aromatic N) is 6. The second-order valence-electron chi connectivity index (χ2n) is 11.1. The zero-order chi connectivity index (χ0) is 29.2. The van der Waals surface area contributed by atoms with E-state index in [1.807, 2.05) is 18.7 Å². The quantitative estimate of drug-likeness (QED) is 0.451. The molecule has 4 heterocycles. The van der Waals surface area contributed by atoms with Crippen LogP contribution in [0.25, 0.3) is 5.82 Å². The van der Waals surface area contributed by atoms with Gasteiger partial charge in [0.1, 0.15) is 16.8 Å². The van der Waals surface area contributed by atoms with Crippen molar-refractivity contribution in [1.82, 2.24) is 29.3 Å². The van der Waals surface area contributed by atoms with Gasteiger partial charge >= 0.3 is 6.18 Å². The second-order valence-corrected chi connectivity index (χ2v) is 12.7. The highest BCUT2D eigenvalue weighted by atomic mass is 32.2. The van der Waals surface area contributed by atoms with Crippen LogP contribution in [0.5, 0.6) is 5.88 Å². The lowest BCUT2D eigenvalue weighted by Crippen LogP contribution is -2.41. The molecule has 3 aromatic rings. The third-order valence-corrected chi connectivity index (χ3v) is 8.58. The first-order valence-corrected chi connectivity index (χ1v) is 14.2. The number of sulfonamides is 1. The Kier molecular flexibility index (Phi) is 6.63. The number of carbonyl (C=O) groups is 1. The highest BCUT2D eigenvalue weighted by Gasteiger charge is 2.58. The normalized spacial score (nSPS) is 22.4. The van der Waals surface area contributed by atoms with Gasteiger partial charge in [0.2, 0.25) is 5.88 Å². The van der Waals surface area contributed by atoms with Gasteiger partial charge in [-0.25, -0.2) is 22.8 Å². The van der Waals surface area contributed by atoms with Crippen molar-refractivity contribution in [2.45, 2.75) is 63.3 Å². The van der Waals surface area contributed by atoms with Crippen LogP contribution >= 0.6 is 0 Å². The van der Waals surface area contributed by atoms with E-state index in [1.54, 1.807) is 7.05 Å². The molecule has 0 bridgehead atoms. The van der Waals surface area contributed by atoms with Crippen LogP contribution in [0, 0.1) is 18.8 Å². The molecule has 1 saturated heterocycles. The van der Waals surface area contributed by atoms with Gasteiger partial charge < -0.3 is 9.64 Å². The van der Waals surface area contributed by atoms with Crippen LogP contribution in [0.4, 0.5) is 19.0 Å². The molecular formula is C25H30F3N7O4S. The number of hydrogen-bond acceptors (Lipinski definition) is 8. The van der Waals surface area contributed by atoms with Crippen LogP contribution in [-0.4, -0.2) is 63.2 Å². The van der Waals surface area contributed by atoms with Crippen LogP contribution < -0.4 is 14.4 Å². The van der Waals surface area contributed by atoms with Gasteiger partial charge in [-0.2, -0.15) is 18.3 Å². The summed E-state index contributed by atoms with van der Waals surface area (Å²) in [7, 11) is -2.64. The molecule has 2 aliphatic rings. The fraction of sp³-hybridized carbons (Fsp3) is 0.520. The van der Waals surface area contributed by atoms with Gasteiger partial charge in [0.05, 0.1) is 17.2 Å². The Morgan fingerprint density at radius 1 is 1.20 bits per heavy atom. The van der Waals surface area contributed by atoms with Crippen molar-refractivity contribution in [3.63, 3.8) is 0 Å². The van der Waals surface area contributed by atoms with Gasteiger partial charge in [-0.3, -0.25) is 9.48 Å². The zero-order valence-corrected chi connectivity index (χ0v) is 23.4. The van der Waals surface area contributed by atoms with Crippen LogP contribution in [0.3, 0.4) is 0 Å². The number of carbonyl (C=O) groups excluding carboxylic acids is 1. The van der Waals surface area contributed by atoms with E-state index in [0.29, 0.717) is 6.54 Å². The number of amides is 1. The average Bonchev–Trinajstić information content (AvgIpc) is 3.16. The van der Waals surface area contributed by atoms with Crippen LogP contribution in [0.1, 0.15) is 49.7 Å². The smallest absolute Gasteiger partial charge is 0.395 e. The molecule has 2 fully saturated rings. The number of anilines is 1. The summed E-state index contributed by atoms with van der Waals surface area (Å²) in [6, 6.07) is 4.39. The molecule has 0 radical (unpaired) electrons. The SMILES string of the molecule is Cc1nn(C)cc1S(=O)(=O)NC(=O)c1ccc(-n2ccc(O[C@H]3C[C@H]3C(F)(F)F)n2)nc1N1C[C@@H](C)CC1(C)C. The number of rotatable bonds is 7. The molecule has 1 aliphatic carbocycles. The van der Waals surface area contributed by atoms with Gasteiger partial charge in [0, 0.05) is 37.6 Å².